The van der Waals surface area contributed by atoms with Crippen LogP contribution in [0, 0.1) is 5.92 Å². The summed E-state index contributed by atoms with van der Waals surface area (Å²) in [6.45, 7) is 4.54. The first-order valence-corrected chi connectivity index (χ1v) is 10.1. The van der Waals surface area contributed by atoms with E-state index < -0.39 is 0 Å². The average molecular weight is 360 g/mol. The first kappa shape index (κ1) is 18.9. The molecule has 0 radical (unpaired) electrons. The maximum absolute atomic E-state index is 6.49. The number of fused-ring (bicyclic) bond motifs is 1. The first-order chi connectivity index (χ1) is 11.7. The number of ether oxygens (including phenoxy) is 2. The summed E-state index contributed by atoms with van der Waals surface area (Å²) in [5, 5.41) is 7.11. The molecule has 6 unspecified atom stereocenters. The number of hydrogen-bond donors (Lipinski definition) is 2. The SMILES string of the molecule is CNC1NC2CC(OCCCN3CCCC3)C(OC)CC2CC1Cl. The predicted octanol–water partition coefficient (Wildman–Crippen LogP) is 1.80. The Labute approximate surface area is 151 Å². The van der Waals surface area contributed by atoms with Crippen LogP contribution in [0.25, 0.3) is 0 Å². The van der Waals surface area contributed by atoms with E-state index in [2.05, 4.69) is 15.5 Å². The first-order valence-electron chi connectivity index (χ1n) is 9.65. The molecule has 2 N–H and O–H groups in total. The van der Waals surface area contributed by atoms with E-state index in [1.807, 2.05) is 14.2 Å². The van der Waals surface area contributed by atoms with Gasteiger partial charge in [-0.05, 0) is 64.6 Å². The second-order valence-electron chi connectivity index (χ2n) is 7.61. The van der Waals surface area contributed by atoms with E-state index in [-0.39, 0.29) is 23.8 Å². The molecule has 0 spiro atoms. The van der Waals surface area contributed by atoms with E-state index in [1.165, 1.54) is 32.5 Å². The molecule has 2 aliphatic heterocycles. The van der Waals surface area contributed by atoms with E-state index in [0.29, 0.717) is 12.0 Å². The number of likely N-dealkylation sites (tertiary alicyclic amines) is 1. The Morgan fingerprint density at radius 1 is 1.17 bits per heavy atom. The molecule has 24 heavy (non-hydrogen) atoms. The molecule has 0 amide bonds. The summed E-state index contributed by atoms with van der Waals surface area (Å²) >= 11 is 6.49. The van der Waals surface area contributed by atoms with Crippen LogP contribution in [-0.2, 0) is 9.47 Å². The van der Waals surface area contributed by atoms with Gasteiger partial charge in [-0.25, -0.2) is 0 Å². The summed E-state index contributed by atoms with van der Waals surface area (Å²) in [5.41, 5.74) is 0. The summed E-state index contributed by atoms with van der Waals surface area (Å²) in [6.07, 6.45) is 7.56. The van der Waals surface area contributed by atoms with E-state index >= 15 is 0 Å². The van der Waals surface area contributed by atoms with Crippen LogP contribution in [0.4, 0.5) is 0 Å². The fraction of sp³-hybridized carbons (Fsp3) is 1.00. The lowest BCUT2D eigenvalue weighted by Crippen LogP contribution is -2.62. The van der Waals surface area contributed by atoms with Crippen molar-refractivity contribution in [3.05, 3.63) is 0 Å². The van der Waals surface area contributed by atoms with Crippen LogP contribution in [0.3, 0.4) is 0 Å². The number of nitrogens with one attached hydrogen (secondary N) is 2. The van der Waals surface area contributed by atoms with Gasteiger partial charge in [0.2, 0.25) is 0 Å². The van der Waals surface area contributed by atoms with Gasteiger partial charge in [0.05, 0.1) is 23.8 Å². The van der Waals surface area contributed by atoms with Crippen molar-refractivity contribution >= 4 is 11.6 Å². The van der Waals surface area contributed by atoms with Gasteiger partial charge in [-0.3, -0.25) is 5.32 Å². The van der Waals surface area contributed by atoms with Crippen LogP contribution in [0.1, 0.15) is 38.5 Å². The lowest BCUT2D eigenvalue weighted by molar-refractivity contribution is -0.102. The fourth-order valence-electron chi connectivity index (χ4n) is 4.65. The molecule has 0 aromatic carbocycles. The zero-order valence-electron chi connectivity index (χ0n) is 15.2. The van der Waals surface area contributed by atoms with E-state index in [4.69, 9.17) is 21.1 Å². The molecule has 2 heterocycles. The van der Waals surface area contributed by atoms with Crippen molar-refractivity contribution in [1.29, 1.82) is 0 Å². The summed E-state index contributed by atoms with van der Waals surface area (Å²) in [7, 11) is 3.79. The van der Waals surface area contributed by atoms with Crippen LogP contribution in [0.5, 0.6) is 0 Å². The third-order valence-electron chi connectivity index (χ3n) is 6.05. The zero-order chi connectivity index (χ0) is 16.9. The number of rotatable bonds is 7. The lowest BCUT2D eigenvalue weighted by Gasteiger charge is -2.47. The minimum absolute atomic E-state index is 0.145. The van der Waals surface area contributed by atoms with Gasteiger partial charge in [-0.15, -0.1) is 11.6 Å². The Morgan fingerprint density at radius 3 is 2.67 bits per heavy atom. The highest BCUT2D eigenvalue weighted by molar-refractivity contribution is 6.21. The molecular weight excluding hydrogens is 326 g/mol. The van der Waals surface area contributed by atoms with Crippen LogP contribution < -0.4 is 10.6 Å². The zero-order valence-corrected chi connectivity index (χ0v) is 15.9. The third kappa shape index (κ3) is 4.63. The summed E-state index contributed by atoms with van der Waals surface area (Å²) in [6, 6.07) is 0.479. The number of hydrogen-bond acceptors (Lipinski definition) is 5. The number of halogens is 1. The Balaban J connectivity index is 1.45. The highest BCUT2D eigenvalue weighted by atomic mass is 35.5. The maximum Gasteiger partial charge on any atom is 0.0851 e. The molecule has 0 aromatic rings. The minimum atomic E-state index is 0.145. The van der Waals surface area contributed by atoms with Gasteiger partial charge in [0, 0.05) is 26.3 Å². The van der Waals surface area contributed by atoms with Crippen molar-refractivity contribution in [2.24, 2.45) is 5.92 Å². The minimum Gasteiger partial charge on any atom is -0.379 e. The van der Waals surface area contributed by atoms with E-state index in [9.17, 15) is 0 Å². The second-order valence-corrected chi connectivity index (χ2v) is 8.17. The Kier molecular flexibility index (Phi) is 7.19. The number of nitrogens with zero attached hydrogens (tertiary/aromatic N) is 1. The van der Waals surface area contributed by atoms with Gasteiger partial charge in [0.15, 0.2) is 0 Å². The molecule has 6 heteroatoms. The second kappa shape index (κ2) is 9.15. The standard InChI is InChI=1S/C18H34ClN3O2/c1-20-18-14(19)10-13-11-16(23-2)17(12-15(13)21-18)24-9-5-8-22-6-3-4-7-22/h13-18,20-21H,3-12H2,1-2H3. The maximum atomic E-state index is 6.49. The fourth-order valence-corrected chi connectivity index (χ4v) is 5.08. The molecule has 1 aliphatic carbocycles. The Hall–Kier alpha value is 0.0900. The highest BCUT2D eigenvalue weighted by Crippen LogP contribution is 2.36. The van der Waals surface area contributed by atoms with Gasteiger partial charge >= 0.3 is 0 Å². The quantitative estimate of drug-likeness (QED) is 0.536. The van der Waals surface area contributed by atoms with Crippen molar-refractivity contribution in [2.75, 3.05) is 40.4 Å². The van der Waals surface area contributed by atoms with Crippen molar-refractivity contribution < 1.29 is 9.47 Å². The number of alkyl halides is 1. The van der Waals surface area contributed by atoms with Gasteiger partial charge in [0.1, 0.15) is 0 Å². The van der Waals surface area contributed by atoms with Gasteiger partial charge in [0.25, 0.3) is 0 Å². The molecule has 3 aliphatic rings. The topological polar surface area (TPSA) is 45.8 Å². The monoisotopic (exact) mass is 359 g/mol. The van der Waals surface area contributed by atoms with Gasteiger partial charge in [-0.1, -0.05) is 0 Å². The molecule has 3 rings (SSSR count). The van der Waals surface area contributed by atoms with Gasteiger partial charge in [-0.2, -0.15) is 0 Å². The molecule has 3 fully saturated rings. The summed E-state index contributed by atoms with van der Waals surface area (Å²) in [5.74, 6) is 0.589. The highest BCUT2D eigenvalue weighted by Gasteiger charge is 2.43. The summed E-state index contributed by atoms with van der Waals surface area (Å²) < 4.78 is 12.0. The van der Waals surface area contributed by atoms with Crippen molar-refractivity contribution in [1.82, 2.24) is 15.5 Å². The Bertz CT molecular complexity index is 381. The van der Waals surface area contributed by atoms with Crippen LogP contribution >= 0.6 is 11.6 Å². The normalized spacial score (nSPS) is 40.6. The summed E-state index contributed by atoms with van der Waals surface area (Å²) in [4.78, 5) is 2.55. The van der Waals surface area contributed by atoms with Gasteiger partial charge < -0.3 is 19.7 Å². The molecule has 140 valence electrons. The average Bonchev–Trinajstić information content (AvgIpc) is 3.11. The van der Waals surface area contributed by atoms with Crippen LogP contribution in [0.2, 0.25) is 0 Å². The predicted molar refractivity (Wildman–Crippen MR) is 97.6 cm³/mol. The van der Waals surface area contributed by atoms with E-state index in [0.717, 1.165) is 32.3 Å². The van der Waals surface area contributed by atoms with Crippen molar-refractivity contribution in [3.8, 4) is 0 Å². The largest absolute Gasteiger partial charge is 0.379 e. The molecular formula is C18H34ClN3O2. The third-order valence-corrected chi connectivity index (χ3v) is 6.48. The van der Waals surface area contributed by atoms with Crippen molar-refractivity contribution in [3.63, 3.8) is 0 Å². The molecule has 0 aromatic heterocycles. The van der Waals surface area contributed by atoms with Crippen LogP contribution in [-0.4, -0.2) is 75.1 Å². The molecule has 1 saturated carbocycles. The molecule has 2 saturated heterocycles. The van der Waals surface area contributed by atoms with E-state index in [1.54, 1.807) is 0 Å². The van der Waals surface area contributed by atoms with Crippen molar-refractivity contribution in [2.45, 2.75) is 68.3 Å². The van der Waals surface area contributed by atoms with Crippen LogP contribution in [0.15, 0.2) is 0 Å². The molecule has 5 nitrogen and oxygen atoms in total. The number of piperidine rings is 1. The smallest absolute Gasteiger partial charge is 0.0851 e. The molecule has 6 atom stereocenters. The Morgan fingerprint density at radius 2 is 1.96 bits per heavy atom. The molecule has 0 bridgehead atoms. The number of methoxy groups -OCH3 is 1. The lowest BCUT2D eigenvalue weighted by atomic mass is 9.76.